The minimum Gasteiger partial charge on any atom is -0.383 e. The van der Waals surface area contributed by atoms with E-state index in [0.29, 0.717) is 33.9 Å². The predicted octanol–water partition coefficient (Wildman–Crippen LogP) is 3.32. The molecular formula is C23H29ClN4O4S. The first-order valence-electron chi connectivity index (χ1n) is 10.9. The number of amides is 3. The lowest BCUT2D eigenvalue weighted by Gasteiger charge is -2.30. The van der Waals surface area contributed by atoms with Crippen LogP contribution in [0.2, 0.25) is 5.02 Å². The average molecular weight is 493 g/mol. The minimum atomic E-state index is -0.370. The summed E-state index contributed by atoms with van der Waals surface area (Å²) in [5.41, 5.74) is 1.07. The van der Waals surface area contributed by atoms with Gasteiger partial charge in [0.1, 0.15) is 6.54 Å². The second-order valence-electron chi connectivity index (χ2n) is 8.16. The number of aromatic nitrogens is 1. The van der Waals surface area contributed by atoms with E-state index in [1.165, 1.54) is 23.3 Å². The Balaban J connectivity index is 1.55. The molecule has 1 saturated heterocycles. The van der Waals surface area contributed by atoms with Crippen LogP contribution in [-0.4, -0.2) is 72.4 Å². The highest BCUT2D eigenvalue weighted by molar-refractivity contribution is 7.13. The van der Waals surface area contributed by atoms with Gasteiger partial charge in [0, 0.05) is 42.7 Å². The summed E-state index contributed by atoms with van der Waals surface area (Å²) in [6.07, 6.45) is 2.27. The largest absolute Gasteiger partial charge is 0.383 e. The molecule has 1 aliphatic heterocycles. The van der Waals surface area contributed by atoms with Gasteiger partial charge in [-0.05, 0) is 43.0 Å². The van der Waals surface area contributed by atoms with Crippen LogP contribution in [0.3, 0.4) is 0 Å². The summed E-state index contributed by atoms with van der Waals surface area (Å²) in [6, 6.07) is 6.50. The molecule has 0 atom stereocenters. The minimum absolute atomic E-state index is 0.0596. The van der Waals surface area contributed by atoms with Gasteiger partial charge >= 0.3 is 0 Å². The molecule has 1 fully saturated rings. The third kappa shape index (κ3) is 7.52. The molecule has 1 aromatic carbocycles. The number of thiazole rings is 1. The summed E-state index contributed by atoms with van der Waals surface area (Å²) in [7, 11) is 1.54. The number of benzene rings is 1. The van der Waals surface area contributed by atoms with Crippen LogP contribution in [0.15, 0.2) is 29.6 Å². The van der Waals surface area contributed by atoms with Crippen LogP contribution >= 0.6 is 22.9 Å². The number of carbonyl (C=O) groups excluding carboxylic acids is 3. The topological polar surface area (TPSA) is 91.8 Å². The van der Waals surface area contributed by atoms with Crippen LogP contribution in [0.1, 0.15) is 35.8 Å². The molecule has 1 N–H and O–H groups in total. The van der Waals surface area contributed by atoms with Crippen molar-refractivity contribution in [3.8, 4) is 0 Å². The standard InChI is InChI=1S/C23H29ClN4O4S/c1-16-7-9-27(10-8-16)21(30)13-19-15-33-23(25-19)26-20(29)14-28(11-12-32-2)22(31)17-3-5-18(24)6-4-17/h3-6,15-16H,7-14H2,1-2H3,(H,25,26,29). The Labute approximate surface area is 202 Å². The maximum atomic E-state index is 12.8. The summed E-state index contributed by atoms with van der Waals surface area (Å²) in [6.45, 7) is 4.18. The molecule has 2 aromatic rings. The molecular weight excluding hydrogens is 464 g/mol. The molecule has 3 rings (SSSR count). The van der Waals surface area contributed by atoms with E-state index in [0.717, 1.165) is 25.9 Å². The van der Waals surface area contributed by atoms with Gasteiger partial charge in [-0.2, -0.15) is 0 Å². The van der Waals surface area contributed by atoms with E-state index in [4.69, 9.17) is 16.3 Å². The number of anilines is 1. The first-order chi connectivity index (χ1) is 15.9. The van der Waals surface area contributed by atoms with Crippen molar-refractivity contribution in [1.82, 2.24) is 14.8 Å². The molecule has 0 aliphatic carbocycles. The van der Waals surface area contributed by atoms with Gasteiger partial charge in [0.2, 0.25) is 11.8 Å². The summed E-state index contributed by atoms with van der Waals surface area (Å²) >= 11 is 7.16. The molecule has 2 heterocycles. The smallest absolute Gasteiger partial charge is 0.254 e. The Morgan fingerprint density at radius 1 is 1.24 bits per heavy atom. The number of carbonyl (C=O) groups is 3. The van der Waals surface area contributed by atoms with E-state index in [2.05, 4.69) is 17.2 Å². The van der Waals surface area contributed by atoms with Crippen LogP contribution in [-0.2, 0) is 20.7 Å². The molecule has 33 heavy (non-hydrogen) atoms. The molecule has 0 saturated carbocycles. The molecule has 8 nitrogen and oxygen atoms in total. The summed E-state index contributed by atoms with van der Waals surface area (Å²) in [5, 5.41) is 5.44. The molecule has 10 heteroatoms. The van der Waals surface area contributed by atoms with E-state index in [1.54, 1.807) is 29.6 Å². The number of rotatable bonds is 9. The predicted molar refractivity (Wildman–Crippen MR) is 129 cm³/mol. The summed E-state index contributed by atoms with van der Waals surface area (Å²) in [5.74, 6) is 0.0559. The van der Waals surface area contributed by atoms with Gasteiger partial charge in [0.25, 0.3) is 5.91 Å². The van der Waals surface area contributed by atoms with Crippen LogP contribution in [0, 0.1) is 5.92 Å². The zero-order valence-electron chi connectivity index (χ0n) is 18.9. The number of piperidine rings is 1. The van der Waals surface area contributed by atoms with Gasteiger partial charge < -0.3 is 19.9 Å². The highest BCUT2D eigenvalue weighted by Gasteiger charge is 2.22. The maximum Gasteiger partial charge on any atom is 0.254 e. The van der Waals surface area contributed by atoms with E-state index in [9.17, 15) is 14.4 Å². The second-order valence-corrected chi connectivity index (χ2v) is 9.45. The van der Waals surface area contributed by atoms with Crippen molar-refractivity contribution in [2.24, 2.45) is 5.92 Å². The van der Waals surface area contributed by atoms with Crippen LogP contribution in [0.4, 0.5) is 5.13 Å². The van der Waals surface area contributed by atoms with Crippen molar-refractivity contribution in [1.29, 1.82) is 0 Å². The normalized spacial score (nSPS) is 14.2. The van der Waals surface area contributed by atoms with Crippen molar-refractivity contribution in [3.63, 3.8) is 0 Å². The first kappa shape index (κ1) is 25.1. The maximum absolute atomic E-state index is 12.8. The SMILES string of the molecule is COCCN(CC(=O)Nc1nc(CC(=O)N2CCC(C)CC2)cs1)C(=O)c1ccc(Cl)cc1. The van der Waals surface area contributed by atoms with Gasteiger partial charge in [-0.25, -0.2) is 4.98 Å². The Morgan fingerprint density at radius 3 is 2.61 bits per heavy atom. The number of nitrogens with zero attached hydrogens (tertiary/aromatic N) is 3. The molecule has 0 spiro atoms. The highest BCUT2D eigenvalue weighted by Crippen LogP contribution is 2.20. The number of hydrogen-bond donors (Lipinski definition) is 1. The number of methoxy groups -OCH3 is 1. The molecule has 1 aliphatic rings. The highest BCUT2D eigenvalue weighted by atomic mass is 35.5. The first-order valence-corrected chi connectivity index (χ1v) is 12.2. The zero-order valence-corrected chi connectivity index (χ0v) is 20.5. The fourth-order valence-corrected chi connectivity index (χ4v) is 4.38. The van der Waals surface area contributed by atoms with Gasteiger partial charge in [-0.15, -0.1) is 11.3 Å². The number of ether oxygens (including phenoxy) is 1. The summed E-state index contributed by atoms with van der Waals surface area (Å²) < 4.78 is 5.08. The van der Waals surface area contributed by atoms with Crippen molar-refractivity contribution in [2.75, 3.05) is 45.2 Å². The van der Waals surface area contributed by atoms with E-state index < -0.39 is 0 Å². The molecule has 0 unspecified atom stereocenters. The Bertz CT molecular complexity index is 958. The number of nitrogens with one attached hydrogen (secondary N) is 1. The van der Waals surface area contributed by atoms with Gasteiger partial charge in [-0.1, -0.05) is 18.5 Å². The lowest BCUT2D eigenvalue weighted by atomic mass is 9.99. The molecule has 0 radical (unpaired) electrons. The Hall–Kier alpha value is -2.49. The average Bonchev–Trinajstić information content (AvgIpc) is 3.23. The van der Waals surface area contributed by atoms with E-state index in [-0.39, 0.29) is 37.2 Å². The van der Waals surface area contributed by atoms with Crippen LogP contribution in [0.5, 0.6) is 0 Å². The molecule has 0 bridgehead atoms. The van der Waals surface area contributed by atoms with E-state index >= 15 is 0 Å². The van der Waals surface area contributed by atoms with Crippen molar-refractivity contribution in [2.45, 2.75) is 26.2 Å². The fraction of sp³-hybridized carbons (Fsp3) is 0.478. The Kier molecular flexibility index (Phi) is 9.22. The number of likely N-dealkylation sites (tertiary alicyclic amines) is 1. The van der Waals surface area contributed by atoms with Gasteiger partial charge in [0.05, 0.1) is 18.7 Å². The van der Waals surface area contributed by atoms with Crippen LogP contribution < -0.4 is 5.32 Å². The van der Waals surface area contributed by atoms with Crippen molar-refractivity contribution < 1.29 is 19.1 Å². The number of halogens is 1. The third-order valence-corrected chi connectivity index (χ3v) is 6.60. The van der Waals surface area contributed by atoms with Crippen LogP contribution in [0.25, 0.3) is 0 Å². The van der Waals surface area contributed by atoms with Crippen molar-refractivity contribution in [3.05, 3.63) is 45.9 Å². The van der Waals surface area contributed by atoms with Crippen molar-refractivity contribution >= 4 is 45.8 Å². The Morgan fingerprint density at radius 2 is 1.94 bits per heavy atom. The third-order valence-electron chi connectivity index (χ3n) is 5.54. The lowest BCUT2D eigenvalue weighted by Crippen LogP contribution is -2.40. The summed E-state index contributed by atoms with van der Waals surface area (Å²) in [4.78, 5) is 45.6. The zero-order chi connectivity index (χ0) is 23.8. The molecule has 1 aromatic heterocycles. The number of hydrogen-bond acceptors (Lipinski definition) is 6. The van der Waals surface area contributed by atoms with Gasteiger partial charge in [0.15, 0.2) is 5.13 Å². The molecule has 178 valence electrons. The second kappa shape index (κ2) is 12.1. The van der Waals surface area contributed by atoms with E-state index in [1.807, 2.05) is 4.90 Å². The quantitative estimate of drug-likeness (QED) is 0.579. The lowest BCUT2D eigenvalue weighted by molar-refractivity contribution is -0.131. The van der Waals surface area contributed by atoms with Gasteiger partial charge in [-0.3, -0.25) is 14.4 Å². The monoisotopic (exact) mass is 492 g/mol. The molecule has 3 amide bonds. The fourth-order valence-electron chi connectivity index (χ4n) is 3.53.